The highest BCUT2D eigenvalue weighted by Gasteiger charge is 2.24. The number of piperidine rings is 1. The molecule has 1 aromatic carbocycles. The molecular weight excluding hydrogens is 416 g/mol. The molecule has 1 unspecified atom stereocenters. The Kier molecular flexibility index (Phi) is 9.02. The van der Waals surface area contributed by atoms with Crippen LogP contribution in [0.3, 0.4) is 0 Å². The average Bonchev–Trinajstić information content (AvgIpc) is 2.80. The third-order valence-corrected chi connectivity index (χ3v) is 6.45. The van der Waals surface area contributed by atoms with Gasteiger partial charge in [-0.05, 0) is 37.8 Å². The van der Waals surface area contributed by atoms with Crippen LogP contribution in [0.4, 0.5) is 10.5 Å². The summed E-state index contributed by atoms with van der Waals surface area (Å²) < 4.78 is 5.26. The van der Waals surface area contributed by atoms with Gasteiger partial charge in [0.25, 0.3) is 0 Å². The molecule has 0 radical (unpaired) electrons. The number of morpholine rings is 1. The number of likely N-dealkylation sites (tertiary alicyclic amines) is 1. The third-order valence-electron chi connectivity index (χ3n) is 5.55. The second-order valence-electron chi connectivity index (χ2n) is 8.04. The minimum atomic E-state index is -0.232. The number of amides is 4. The van der Waals surface area contributed by atoms with E-state index in [1.165, 1.54) is 11.8 Å². The Bertz CT molecular complexity index is 752. The van der Waals surface area contributed by atoms with Crippen molar-refractivity contribution >= 4 is 35.3 Å². The van der Waals surface area contributed by atoms with Gasteiger partial charge in [-0.2, -0.15) is 0 Å². The van der Waals surface area contributed by atoms with Crippen LogP contribution in [0.2, 0.25) is 0 Å². The molecule has 2 heterocycles. The van der Waals surface area contributed by atoms with Crippen molar-refractivity contribution in [2.75, 3.05) is 62.8 Å². The molecule has 0 spiro atoms. The van der Waals surface area contributed by atoms with Gasteiger partial charge in [0.2, 0.25) is 11.8 Å². The second-order valence-corrected chi connectivity index (χ2v) is 9.02. The molecule has 3 rings (SSSR count). The van der Waals surface area contributed by atoms with E-state index in [1.54, 1.807) is 4.90 Å². The minimum absolute atomic E-state index is 0.0635. The molecule has 4 amide bonds. The standard InChI is InChI=1S/C22H32N4O4S/c1-17-4-6-19(7-5-17)24-22(29)23-13-18-3-2-8-26(14-18)21(28)16-31-15-20(27)25-9-11-30-12-10-25/h4-7,18H,2-3,8-16H2,1H3,(H2,23,24,29). The van der Waals surface area contributed by atoms with E-state index in [-0.39, 0.29) is 23.8 Å². The van der Waals surface area contributed by atoms with Gasteiger partial charge in [0.1, 0.15) is 0 Å². The number of hydrogen-bond donors (Lipinski definition) is 2. The van der Waals surface area contributed by atoms with Crippen LogP contribution in [0.1, 0.15) is 18.4 Å². The number of urea groups is 1. The third kappa shape index (κ3) is 7.74. The number of carbonyl (C=O) groups excluding carboxylic acids is 3. The van der Waals surface area contributed by atoms with Gasteiger partial charge < -0.3 is 25.2 Å². The first-order valence-electron chi connectivity index (χ1n) is 10.8. The van der Waals surface area contributed by atoms with E-state index >= 15 is 0 Å². The largest absolute Gasteiger partial charge is 0.378 e. The molecule has 2 aliphatic rings. The zero-order chi connectivity index (χ0) is 22.1. The topological polar surface area (TPSA) is 91.0 Å². The summed E-state index contributed by atoms with van der Waals surface area (Å²) in [4.78, 5) is 40.6. The summed E-state index contributed by atoms with van der Waals surface area (Å²) in [5.41, 5.74) is 1.90. The second kappa shape index (κ2) is 12.0. The molecular formula is C22H32N4O4S. The summed E-state index contributed by atoms with van der Waals surface area (Å²) in [5, 5.41) is 5.75. The maximum absolute atomic E-state index is 12.6. The van der Waals surface area contributed by atoms with Crippen molar-refractivity contribution in [1.82, 2.24) is 15.1 Å². The monoisotopic (exact) mass is 448 g/mol. The first kappa shape index (κ1) is 23.4. The number of ether oxygens (including phenoxy) is 1. The van der Waals surface area contributed by atoms with Crippen LogP contribution in [0.25, 0.3) is 0 Å². The van der Waals surface area contributed by atoms with Crippen molar-refractivity contribution in [3.8, 4) is 0 Å². The fraction of sp³-hybridized carbons (Fsp3) is 0.591. The summed E-state index contributed by atoms with van der Waals surface area (Å²) in [7, 11) is 0. The molecule has 0 aromatic heterocycles. The van der Waals surface area contributed by atoms with E-state index in [0.717, 1.165) is 30.6 Å². The summed E-state index contributed by atoms with van der Waals surface area (Å²) in [6.07, 6.45) is 1.91. The van der Waals surface area contributed by atoms with Crippen molar-refractivity contribution in [3.63, 3.8) is 0 Å². The highest BCUT2D eigenvalue weighted by atomic mass is 32.2. The minimum Gasteiger partial charge on any atom is -0.378 e. The Hall–Kier alpha value is -2.26. The fourth-order valence-electron chi connectivity index (χ4n) is 3.73. The van der Waals surface area contributed by atoms with Crippen LogP contribution in [0.15, 0.2) is 24.3 Å². The number of aryl methyl sites for hydroxylation is 1. The van der Waals surface area contributed by atoms with Gasteiger partial charge in [0, 0.05) is 38.4 Å². The first-order valence-corrected chi connectivity index (χ1v) is 12.0. The fourth-order valence-corrected chi connectivity index (χ4v) is 4.54. The SMILES string of the molecule is Cc1ccc(NC(=O)NCC2CCCN(C(=O)CSCC(=O)N3CCOCC3)C2)cc1. The smallest absolute Gasteiger partial charge is 0.319 e. The van der Waals surface area contributed by atoms with E-state index in [2.05, 4.69) is 10.6 Å². The number of nitrogens with zero attached hydrogens (tertiary/aromatic N) is 2. The quantitative estimate of drug-likeness (QED) is 0.665. The highest BCUT2D eigenvalue weighted by Crippen LogP contribution is 2.17. The van der Waals surface area contributed by atoms with Crippen molar-refractivity contribution < 1.29 is 19.1 Å². The molecule has 0 saturated carbocycles. The summed E-state index contributed by atoms with van der Waals surface area (Å²) in [5.74, 6) is 1.00. The average molecular weight is 449 g/mol. The van der Waals surface area contributed by atoms with Crippen LogP contribution in [-0.4, -0.2) is 85.1 Å². The number of thioether (sulfide) groups is 1. The van der Waals surface area contributed by atoms with Crippen LogP contribution in [0, 0.1) is 12.8 Å². The summed E-state index contributed by atoms with van der Waals surface area (Å²) >= 11 is 1.38. The summed E-state index contributed by atoms with van der Waals surface area (Å²) in [6.45, 7) is 6.34. The summed E-state index contributed by atoms with van der Waals surface area (Å²) in [6, 6.07) is 7.42. The lowest BCUT2D eigenvalue weighted by atomic mass is 9.98. The molecule has 2 fully saturated rings. The van der Waals surface area contributed by atoms with Gasteiger partial charge in [0.15, 0.2) is 0 Å². The van der Waals surface area contributed by atoms with Gasteiger partial charge in [-0.25, -0.2) is 4.79 Å². The number of hydrogen-bond acceptors (Lipinski definition) is 5. The maximum Gasteiger partial charge on any atom is 0.319 e. The van der Waals surface area contributed by atoms with Gasteiger partial charge in [-0.3, -0.25) is 9.59 Å². The molecule has 170 valence electrons. The van der Waals surface area contributed by atoms with Gasteiger partial charge >= 0.3 is 6.03 Å². The Morgan fingerprint density at radius 2 is 1.71 bits per heavy atom. The predicted molar refractivity (Wildman–Crippen MR) is 122 cm³/mol. The van der Waals surface area contributed by atoms with E-state index in [9.17, 15) is 14.4 Å². The highest BCUT2D eigenvalue weighted by molar-refractivity contribution is 8.00. The number of nitrogens with one attached hydrogen (secondary N) is 2. The lowest BCUT2D eigenvalue weighted by molar-refractivity contribution is -0.132. The molecule has 31 heavy (non-hydrogen) atoms. The molecule has 0 bridgehead atoms. The zero-order valence-corrected chi connectivity index (χ0v) is 18.9. The Labute approximate surface area is 188 Å². The van der Waals surface area contributed by atoms with E-state index in [0.29, 0.717) is 50.9 Å². The zero-order valence-electron chi connectivity index (χ0n) is 18.1. The van der Waals surface area contributed by atoms with E-state index < -0.39 is 0 Å². The number of rotatable bonds is 7. The molecule has 2 saturated heterocycles. The molecule has 1 atom stereocenters. The molecule has 1 aromatic rings. The van der Waals surface area contributed by atoms with Crippen molar-refractivity contribution in [2.45, 2.75) is 19.8 Å². The molecule has 0 aliphatic carbocycles. The Morgan fingerprint density at radius 3 is 2.42 bits per heavy atom. The van der Waals surface area contributed by atoms with Gasteiger partial charge in [-0.1, -0.05) is 17.7 Å². The Balaban J connectivity index is 1.34. The van der Waals surface area contributed by atoms with Gasteiger partial charge in [-0.15, -0.1) is 11.8 Å². The molecule has 9 heteroatoms. The van der Waals surface area contributed by atoms with E-state index in [4.69, 9.17) is 4.74 Å². The first-order chi connectivity index (χ1) is 15.0. The van der Waals surface area contributed by atoms with Crippen molar-refractivity contribution in [3.05, 3.63) is 29.8 Å². The lowest BCUT2D eigenvalue weighted by Crippen LogP contribution is -2.45. The van der Waals surface area contributed by atoms with Crippen molar-refractivity contribution in [1.29, 1.82) is 0 Å². The van der Waals surface area contributed by atoms with Crippen LogP contribution < -0.4 is 10.6 Å². The normalized spacial score (nSPS) is 19.1. The maximum atomic E-state index is 12.6. The number of anilines is 1. The van der Waals surface area contributed by atoms with Crippen molar-refractivity contribution in [2.24, 2.45) is 5.92 Å². The van der Waals surface area contributed by atoms with Crippen LogP contribution in [0.5, 0.6) is 0 Å². The predicted octanol–water partition coefficient (Wildman–Crippen LogP) is 1.95. The van der Waals surface area contributed by atoms with Crippen LogP contribution >= 0.6 is 11.8 Å². The van der Waals surface area contributed by atoms with E-state index in [1.807, 2.05) is 36.1 Å². The van der Waals surface area contributed by atoms with Crippen LogP contribution in [-0.2, 0) is 14.3 Å². The number of benzene rings is 1. The molecule has 8 nitrogen and oxygen atoms in total. The molecule has 2 N–H and O–H groups in total. The lowest BCUT2D eigenvalue weighted by Gasteiger charge is -2.33. The Morgan fingerprint density at radius 1 is 1.03 bits per heavy atom. The molecule has 2 aliphatic heterocycles. The van der Waals surface area contributed by atoms with Gasteiger partial charge in [0.05, 0.1) is 24.7 Å². The number of carbonyl (C=O) groups is 3.